The van der Waals surface area contributed by atoms with Gasteiger partial charge in [-0.05, 0) is 231 Å². The monoisotopic (exact) mass is 981 g/mol. The minimum Gasteiger partial charge on any atom is -0.311 e. The van der Waals surface area contributed by atoms with Crippen LogP contribution >= 0.6 is 0 Å². The van der Waals surface area contributed by atoms with Gasteiger partial charge >= 0.3 is 0 Å². The second kappa shape index (κ2) is 18.9. The van der Waals surface area contributed by atoms with Gasteiger partial charge in [-0.3, -0.25) is 0 Å². The molecule has 0 aromatic heterocycles. The molecule has 0 atom stereocenters. The Morgan fingerprint density at radius 3 is 1.25 bits per heavy atom. The SMILES string of the molecule is Cc1cccc2c1-c1ccc(N(c3ccc(-c4cc(-c5ccccc5)c(-c5ccc(N(c6ccccc6)c6ccccc6)cc5)cc4-c4ccccc4)cc3)c3cccc(C4C5CC6CC(C5)CC4C6)c3)cc1C2(C)C. The lowest BCUT2D eigenvalue weighted by molar-refractivity contribution is -0.00276. The van der Waals surface area contributed by atoms with Gasteiger partial charge in [0.25, 0.3) is 0 Å². The molecule has 76 heavy (non-hydrogen) atoms. The standard InChI is InChI=1S/C74H64N2/c1-49-18-16-29-70-72(49)65-39-38-64(46-71(65)74(70,2)3)76(63-28-17-23-56(45-63)73-57-41-50-40-51(43-57)44-58(73)42-50)62-36-32-55(33-37-62)69-48-66(52-19-8-4-9-20-52)68(47-67(69)53-21-10-5-11-22-53)54-30-34-61(35-31-54)75(59-24-12-6-13-25-59)60-26-14-7-15-27-60/h4-39,45-48,50-51,57-58,73H,40-44H2,1-3H3. The molecule has 0 radical (unpaired) electrons. The lowest BCUT2D eigenvalue weighted by atomic mass is 9.51. The van der Waals surface area contributed by atoms with Crippen molar-refractivity contribution in [2.24, 2.45) is 23.7 Å². The van der Waals surface area contributed by atoms with E-state index in [9.17, 15) is 0 Å². The smallest absolute Gasteiger partial charge is 0.0465 e. The first-order valence-electron chi connectivity index (χ1n) is 27.9. The van der Waals surface area contributed by atoms with Gasteiger partial charge in [0.1, 0.15) is 0 Å². The highest BCUT2D eigenvalue weighted by molar-refractivity contribution is 5.96. The van der Waals surface area contributed by atoms with Crippen molar-refractivity contribution >= 4 is 34.1 Å². The van der Waals surface area contributed by atoms with Crippen LogP contribution in [0.2, 0.25) is 0 Å². The summed E-state index contributed by atoms with van der Waals surface area (Å²) in [6, 6.07) is 90.6. The highest BCUT2D eigenvalue weighted by Gasteiger charge is 2.48. The number of aryl methyl sites for hydroxylation is 1. The molecule has 4 bridgehead atoms. The third kappa shape index (κ3) is 8.09. The summed E-state index contributed by atoms with van der Waals surface area (Å²) in [7, 11) is 0. The van der Waals surface area contributed by atoms with E-state index in [1.54, 1.807) is 0 Å². The number of para-hydroxylation sites is 2. The normalized spacial score (nSPS) is 19.5. The Morgan fingerprint density at radius 2 is 0.737 bits per heavy atom. The summed E-state index contributed by atoms with van der Waals surface area (Å²) in [6.45, 7) is 7.09. The quantitative estimate of drug-likeness (QED) is 0.127. The highest BCUT2D eigenvalue weighted by Crippen LogP contribution is 2.60. The molecule has 0 spiro atoms. The van der Waals surface area contributed by atoms with E-state index in [1.807, 2.05) is 0 Å². The summed E-state index contributed by atoms with van der Waals surface area (Å²) in [5, 5.41) is 0. The van der Waals surface area contributed by atoms with E-state index in [2.05, 4.69) is 273 Å². The van der Waals surface area contributed by atoms with Crippen molar-refractivity contribution in [3.05, 3.63) is 265 Å². The molecule has 0 unspecified atom stereocenters. The second-order valence-corrected chi connectivity index (χ2v) is 23.0. The lowest BCUT2D eigenvalue weighted by Gasteiger charge is -2.54. The minimum atomic E-state index is -0.117. The van der Waals surface area contributed by atoms with Gasteiger partial charge in [-0.1, -0.05) is 172 Å². The van der Waals surface area contributed by atoms with E-state index < -0.39 is 0 Å². The van der Waals surface area contributed by atoms with Crippen LogP contribution in [-0.2, 0) is 5.41 Å². The molecule has 0 saturated heterocycles. The Morgan fingerprint density at radius 1 is 0.329 bits per heavy atom. The van der Waals surface area contributed by atoms with E-state index in [1.165, 1.54) is 121 Å². The van der Waals surface area contributed by atoms with Crippen LogP contribution in [0.1, 0.15) is 74.1 Å². The molecule has 10 aromatic carbocycles. The van der Waals surface area contributed by atoms with E-state index in [0.717, 1.165) is 46.4 Å². The van der Waals surface area contributed by atoms with E-state index in [4.69, 9.17) is 0 Å². The molecule has 15 rings (SSSR count). The van der Waals surface area contributed by atoms with Crippen LogP contribution in [0, 0.1) is 30.6 Å². The summed E-state index contributed by atoms with van der Waals surface area (Å²) in [5.74, 6) is 4.19. The molecule has 2 nitrogen and oxygen atoms in total. The fourth-order valence-corrected chi connectivity index (χ4v) is 14.9. The van der Waals surface area contributed by atoms with Crippen molar-refractivity contribution in [2.75, 3.05) is 9.80 Å². The van der Waals surface area contributed by atoms with E-state index in [0.29, 0.717) is 5.92 Å². The Bertz CT molecular complexity index is 3660. The maximum absolute atomic E-state index is 2.57. The molecule has 5 aliphatic rings. The molecular formula is C74H64N2. The van der Waals surface area contributed by atoms with Crippen molar-refractivity contribution in [1.29, 1.82) is 0 Å². The Kier molecular flexibility index (Phi) is 11.5. The van der Waals surface area contributed by atoms with Gasteiger partial charge in [0, 0.05) is 39.5 Å². The topological polar surface area (TPSA) is 6.48 Å². The minimum absolute atomic E-state index is 0.117. The molecular weight excluding hydrogens is 917 g/mol. The molecule has 370 valence electrons. The van der Waals surface area contributed by atoms with Crippen LogP contribution in [0.15, 0.2) is 243 Å². The fraction of sp³-hybridized carbons (Fsp3) is 0.189. The zero-order valence-electron chi connectivity index (χ0n) is 43.9. The van der Waals surface area contributed by atoms with Crippen LogP contribution < -0.4 is 9.80 Å². The zero-order valence-corrected chi connectivity index (χ0v) is 43.9. The van der Waals surface area contributed by atoms with Crippen LogP contribution in [0.5, 0.6) is 0 Å². The van der Waals surface area contributed by atoms with Gasteiger partial charge in [-0.25, -0.2) is 0 Å². The molecule has 0 heterocycles. The molecule has 2 heteroatoms. The average molecular weight is 981 g/mol. The molecule has 0 N–H and O–H groups in total. The second-order valence-electron chi connectivity index (χ2n) is 23.0. The molecule has 10 aromatic rings. The first kappa shape index (κ1) is 46.3. The van der Waals surface area contributed by atoms with Gasteiger partial charge in [0.15, 0.2) is 0 Å². The van der Waals surface area contributed by atoms with Crippen molar-refractivity contribution in [2.45, 2.75) is 64.2 Å². The largest absolute Gasteiger partial charge is 0.311 e. The van der Waals surface area contributed by atoms with Crippen LogP contribution in [0.3, 0.4) is 0 Å². The summed E-state index contributed by atoms with van der Waals surface area (Å²) in [4.78, 5) is 4.88. The number of anilines is 6. The molecule has 0 aliphatic heterocycles. The molecule has 0 amide bonds. The maximum Gasteiger partial charge on any atom is 0.0465 e. The van der Waals surface area contributed by atoms with Crippen molar-refractivity contribution < 1.29 is 0 Å². The molecule has 4 saturated carbocycles. The van der Waals surface area contributed by atoms with Crippen LogP contribution in [0.4, 0.5) is 34.1 Å². The molecule has 4 fully saturated rings. The Hall–Kier alpha value is -8.20. The number of hydrogen-bond acceptors (Lipinski definition) is 2. The highest BCUT2D eigenvalue weighted by atomic mass is 15.1. The van der Waals surface area contributed by atoms with Gasteiger partial charge in [0.05, 0.1) is 0 Å². The predicted octanol–water partition coefficient (Wildman–Crippen LogP) is 20.4. The Balaban J connectivity index is 0.891. The van der Waals surface area contributed by atoms with E-state index >= 15 is 0 Å². The number of nitrogens with zero attached hydrogens (tertiary/aromatic N) is 2. The third-order valence-corrected chi connectivity index (χ3v) is 18.1. The van der Waals surface area contributed by atoms with Crippen LogP contribution in [0.25, 0.3) is 55.6 Å². The maximum atomic E-state index is 2.57. The number of hydrogen-bond donors (Lipinski definition) is 0. The summed E-state index contributed by atoms with van der Waals surface area (Å²) in [6.07, 6.45) is 7.14. The van der Waals surface area contributed by atoms with Crippen molar-refractivity contribution in [3.63, 3.8) is 0 Å². The van der Waals surface area contributed by atoms with E-state index in [-0.39, 0.29) is 5.41 Å². The first-order valence-corrected chi connectivity index (χ1v) is 27.9. The summed E-state index contributed by atoms with van der Waals surface area (Å²) < 4.78 is 0. The number of rotatable bonds is 11. The van der Waals surface area contributed by atoms with Gasteiger partial charge in [-0.2, -0.15) is 0 Å². The number of fused-ring (bicyclic) bond motifs is 3. The average Bonchev–Trinajstić information content (AvgIpc) is 3.73. The van der Waals surface area contributed by atoms with Gasteiger partial charge in [-0.15, -0.1) is 0 Å². The number of benzene rings is 10. The Labute approximate surface area is 450 Å². The molecule has 5 aliphatic carbocycles. The predicted molar refractivity (Wildman–Crippen MR) is 320 cm³/mol. The summed E-state index contributed by atoms with van der Waals surface area (Å²) >= 11 is 0. The third-order valence-electron chi connectivity index (χ3n) is 18.1. The van der Waals surface area contributed by atoms with Gasteiger partial charge in [0.2, 0.25) is 0 Å². The van der Waals surface area contributed by atoms with Crippen molar-refractivity contribution in [3.8, 4) is 55.6 Å². The zero-order chi connectivity index (χ0) is 50.9. The van der Waals surface area contributed by atoms with Gasteiger partial charge < -0.3 is 9.80 Å². The van der Waals surface area contributed by atoms with Crippen LogP contribution in [-0.4, -0.2) is 0 Å². The fourth-order valence-electron chi connectivity index (χ4n) is 14.9. The lowest BCUT2D eigenvalue weighted by Crippen LogP contribution is -2.43. The van der Waals surface area contributed by atoms with Crippen molar-refractivity contribution in [1.82, 2.24) is 0 Å². The first-order chi connectivity index (χ1) is 37.3. The summed E-state index contributed by atoms with van der Waals surface area (Å²) in [5.41, 5.74) is 24.9.